The second kappa shape index (κ2) is 8.62. The van der Waals surface area contributed by atoms with Crippen molar-refractivity contribution in [1.82, 2.24) is 14.8 Å². The smallest absolute Gasteiger partial charge is 0.234 e. The Labute approximate surface area is 177 Å². The van der Waals surface area contributed by atoms with Gasteiger partial charge in [-0.25, -0.2) is 4.39 Å². The molecule has 0 bridgehead atoms. The maximum atomic E-state index is 13.2. The number of benzene rings is 2. The van der Waals surface area contributed by atoms with Crippen LogP contribution < -0.4 is 19.7 Å². The summed E-state index contributed by atoms with van der Waals surface area (Å²) in [6.07, 6.45) is 0. The van der Waals surface area contributed by atoms with Crippen molar-refractivity contribution in [2.24, 2.45) is 0 Å². The summed E-state index contributed by atoms with van der Waals surface area (Å²) in [7, 11) is 3.10. The van der Waals surface area contributed by atoms with E-state index in [4.69, 9.17) is 9.47 Å². The van der Waals surface area contributed by atoms with Crippen molar-refractivity contribution >= 4 is 35.0 Å². The minimum absolute atomic E-state index is 0.169. The van der Waals surface area contributed by atoms with Crippen molar-refractivity contribution in [3.63, 3.8) is 0 Å². The van der Waals surface area contributed by atoms with Crippen LogP contribution in [0.15, 0.2) is 47.6 Å². The van der Waals surface area contributed by atoms with Crippen molar-refractivity contribution in [2.45, 2.75) is 11.7 Å². The molecule has 0 fully saturated rings. The number of carbonyl (C=O) groups is 1. The molecular formula is C20H20FN5O3S. The van der Waals surface area contributed by atoms with Crippen LogP contribution in [0.4, 0.5) is 21.7 Å². The highest BCUT2D eigenvalue weighted by Crippen LogP contribution is 2.32. The first kappa shape index (κ1) is 20.0. The second-order valence-corrected chi connectivity index (χ2v) is 7.41. The summed E-state index contributed by atoms with van der Waals surface area (Å²) in [6, 6.07) is 11.4. The number of hydrogen-bond donors (Lipinski definition) is 1. The van der Waals surface area contributed by atoms with Gasteiger partial charge in [0, 0.05) is 30.5 Å². The van der Waals surface area contributed by atoms with Crippen LogP contribution in [0.1, 0.15) is 0 Å². The lowest BCUT2D eigenvalue weighted by Crippen LogP contribution is -2.15. The number of fused-ring (bicyclic) bond motifs is 1. The van der Waals surface area contributed by atoms with Crippen LogP contribution in [0, 0.1) is 5.82 Å². The molecule has 0 saturated heterocycles. The number of anilines is 3. The normalized spacial score (nSPS) is 12.6. The molecular weight excluding hydrogens is 409 g/mol. The molecule has 2 aromatic carbocycles. The Balaban J connectivity index is 1.39. The van der Waals surface area contributed by atoms with Crippen molar-refractivity contribution < 1.29 is 18.7 Å². The molecule has 2 heterocycles. The zero-order chi connectivity index (χ0) is 21.1. The minimum atomic E-state index is -0.281. The van der Waals surface area contributed by atoms with Gasteiger partial charge in [-0.1, -0.05) is 11.8 Å². The Hall–Kier alpha value is -3.27. The number of halogens is 1. The Morgan fingerprint density at radius 1 is 1.10 bits per heavy atom. The van der Waals surface area contributed by atoms with Gasteiger partial charge in [-0.2, -0.15) is 0 Å². The number of nitrogens with one attached hydrogen (secondary N) is 1. The molecule has 0 spiro atoms. The molecule has 0 saturated carbocycles. The SMILES string of the molecule is COc1ccc(NC(=O)CSc2nnc3n2CCN3c2ccc(F)cc2)cc1OC. The number of nitrogens with zero attached hydrogens (tertiary/aromatic N) is 4. The number of rotatable bonds is 7. The summed E-state index contributed by atoms with van der Waals surface area (Å²) in [5, 5.41) is 11.9. The highest BCUT2D eigenvalue weighted by Gasteiger charge is 2.26. The van der Waals surface area contributed by atoms with Gasteiger partial charge in [0.05, 0.1) is 20.0 Å². The lowest BCUT2D eigenvalue weighted by atomic mass is 10.2. The maximum Gasteiger partial charge on any atom is 0.234 e. The Bertz CT molecular complexity index is 1060. The number of carbonyl (C=O) groups excluding carboxylic acids is 1. The molecule has 1 aromatic heterocycles. The minimum Gasteiger partial charge on any atom is -0.493 e. The molecule has 1 amide bonds. The van der Waals surface area contributed by atoms with E-state index in [9.17, 15) is 9.18 Å². The fraction of sp³-hybridized carbons (Fsp3) is 0.250. The van der Waals surface area contributed by atoms with Gasteiger partial charge in [0.2, 0.25) is 11.9 Å². The van der Waals surface area contributed by atoms with Crippen LogP contribution in [0.25, 0.3) is 0 Å². The highest BCUT2D eigenvalue weighted by atomic mass is 32.2. The van der Waals surface area contributed by atoms with Gasteiger partial charge in [-0.15, -0.1) is 10.2 Å². The van der Waals surface area contributed by atoms with Gasteiger partial charge in [-0.3, -0.25) is 9.36 Å². The standard InChI is InChI=1S/C20H20FN5O3S/c1-28-16-8-5-14(11-17(16)29-2)22-18(27)12-30-20-24-23-19-25(9-10-26(19)20)15-6-3-13(21)4-7-15/h3-8,11H,9-10,12H2,1-2H3,(H,22,27). The van der Waals surface area contributed by atoms with Gasteiger partial charge in [0.25, 0.3) is 0 Å². The van der Waals surface area contributed by atoms with E-state index in [1.54, 1.807) is 44.6 Å². The molecule has 1 aliphatic rings. The first-order valence-electron chi connectivity index (χ1n) is 9.20. The molecule has 1 aliphatic heterocycles. The van der Waals surface area contributed by atoms with E-state index in [0.717, 1.165) is 5.69 Å². The molecule has 1 N–H and O–H groups in total. The Morgan fingerprint density at radius 3 is 2.60 bits per heavy atom. The largest absolute Gasteiger partial charge is 0.493 e. The highest BCUT2D eigenvalue weighted by molar-refractivity contribution is 7.99. The third-order valence-corrected chi connectivity index (χ3v) is 5.59. The van der Waals surface area contributed by atoms with E-state index in [2.05, 4.69) is 15.5 Å². The summed E-state index contributed by atoms with van der Waals surface area (Å²) >= 11 is 1.31. The maximum absolute atomic E-state index is 13.2. The Kier molecular flexibility index (Phi) is 5.75. The van der Waals surface area contributed by atoms with Crippen LogP contribution in [0.3, 0.4) is 0 Å². The van der Waals surface area contributed by atoms with Crippen molar-refractivity contribution in [3.05, 3.63) is 48.3 Å². The lowest BCUT2D eigenvalue weighted by Gasteiger charge is -2.14. The molecule has 30 heavy (non-hydrogen) atoms. The number of aromatic nitrogens is 3. The average Bonchev–Trinajstić information content (AvgIpc) is 3.35. The van der Waals surface area contributed by atoms with E-state index < -0.39 is 0 Å². The van der Waals surface area contributed by atoms with Gasteiger partial charge in [0.1, 0.15) is 5.82 Å². The zero-order valence-corrected chi connectivity index (χ0v) is 17.3. The van der Waals surface area contributed by atoms with Crippen LogP contribution in [-0.2, 0) is 11.3 Å². The fourth-order valence-corrected chi connectivity index (χ4v) is 3.95. The van der Waals surface area contributed by atoms with Crippen molar-refractivity contribution in [2.75, 3.05) is 36.7 Å². The third kappa shape index (κ3) is 4.04. The van der Waals surface area contributed by atoms with Crippen LogP contribution in [0.2, 0.25) is 0 Å². The first-order chi connectivity index (χ1) is 14.6. The quantitative estimate of drug-likeness (QED) is 0.577. The van der Waals surface area contributed by atoms with Gasteiger partial charge < -0.3 is 19.7 Å². The van der Waals surface area contributed by atoms with E-state index in [0.29, 0.717) is 41.4 Å². The van der Waals surface area contributed by atoms with Gasteiger partial charge in [0.15, 0.2) is 16.7 Å². The van der Waals surface area contributed by atoms with Crippen LogP contribution in [0.5, 0.6) is 11.5 Å². The summed E-state index contributed by atoms with van der Waals surface area (Å²) in [6.45, 7) is 1.40. The molecule has 8 nitrogen and oxygen atoms in total. The lowest BCUT2D eigenvalue weighted by molar-refractivity contribution is -0.113. The topological polar surface area (TPSA) is 81.5 Å². The third-order valence-electron chi connectivity index (χ3n) is 4.62. The van der Waals surface area contributed by atoms with Gasteiger partial charge >= 0.3 is 0 Å². The summed E-state index contributed by atoms with van der Waals surface area (Å²) in [4.78, 5) is 14.3. The Morgan fingerprint density at radius 2 is 1.87 bits per heavy atom. The predicted molar refractivity (Wildman–Crippen MR) is 112 cm³/mol. The molecule has 10 heteroatoms. The van der Waals surface area contributed by atoms with Crippen molar-refractivity contribution in [3.8, 4) is 11.5 Å². The second-order valence-electron chi connectivity index (χ2n) is 6.47. The molecule has 0 radical (unpaired) electrons. The van der Waals surface area contributed by atoms with E-state index in [1.165, 1.54) is 23.9 Å². The monoisotopic (exact) mass is 429 g/mol. The number of ether oxygens (including phenoxy) is 2. The molecule has 0 atom stereocenters. The van der Waals surface area contributed by atoms with Crippen LogP contribution in [-0.4, -0.2) is 47.2 Å². The molecule has 0 unspecified atom stereocenters. The van der Waals surface area contributed by atoms with E-state index in [1.807, 2.05) is 9.47 Å². The average molecular weight is 429 g/mol. The zero-order valence-electron chi connectivity index (χ0n) is 16.5. The summed E-state index contributed by atoms with van der Waals surface area (Å²) < 4.78 is 25.6. The number of thioether (sulfide) groups is 1. The summed E-state index contributed by atoms with van der Waals surface area (Å²) in [5.41, 5.74) is 1.47. The molecule has 0 aliphatic carbocycles. The molecule has 4 rings (SSSR count). The van der Waals surface area contributed by atoms with Crippen LogP contribution >= 0.6 is 11.8 Å². The molecule has 3 aromatic rings. The molecule has 156 valence electrons. The predicted octanol–water partition coefficient (Wildman–Crippen LogP) is 3.32. The van der Waals surface area contributed by atoms with Crippen molar-refractivity contribution in [1.29, 1.82) is 0 Å². The van der Waals surface area contributed by atoms with E-state index in [-0.39, 0.29) is 17.5 Å². The number of hydrogen-bond acceptors (Lipinski definition) is 7. The number of methoxy groups -OCH3 is 2. The van der Waals surface area contributed by atoms with E-state index >= 15 is 0 Å². The first-order valence-corrected chi connectivity index (χ1v) is 10.2. The fourth-order valence-electron chi connectivity index (χ4n) is 3.19. The summed E-state index contributed by atoms with van der Waals surface area (Å²) in [5.74, 6) is 1.55. The number of amides is 1. The van der Waals surface area contributed by atoms with Gasteiger partial charge in [-0.05, 0) is 36.4 Å².